The highest BCUT2D eigenvalue weighted by molar-refractivity contribution is 5.96. The number of halogens is 3. The van der Waals surface area contributed by atoms with Crippen LogP contribution in [0.25, 0.3) is 0 Å². The first-order valence-electron chi connectivity index (χ1n) is 4.69. The molecule has 0 amide bonds. The minimum absolute atomic E-state index is 0.0937. The number of aromatic carboxylic acids is 1. The summed E-state index contributed by atoms with van der Waals surface area (Å²) in [7, 11) is 0. The first-order valence-corrected chi connectivity index (χ1v) is 4.69. The Morgan fingerprint density at radius 2 is 1.83 bits per heavy atom. The Morgan fingerprint density at radius 3 is 2.39 bits per heavy atom. The molecule has 4 nitrogen and oxygen atoms in total. The van der Waals surface area contributed by atoms with Gasteiger partial charge in [-0.3, -0.25) is 4.79 Å². The van der Waals surface area contributed by atoms with Crippen molar-refractivity contribution in [3.05, 3.63) is 42.1 Å². The minimum Gasteiger partial charge on any atom is -0.478 e. The number of ketones is 1. The van der Waals surface area contributed by atoms with E-state index < -0.39 is 17.9 Å². The zero-order valence-corrected chi connectivity index (χ0v) is 8.86. The van der Waals surface area contributed by atoms with Crippen molar-refractivity contribution in [2.24, 2.45) is 0 Å². The molecule has 0 unspecified atom stereocenters. The largest absolute Gasteiger partial charge is 0.478 e. The van der Waals surface area contributed by atoms with Crippen molar-refractivity contribution >= 4 is 17.4 Å². The summed E-state index contributed by atoms with van der Waals surface area (Å²) in [5.74, 6) is -3.25. The van der Waals surface area contributed by atoms with Crippen LogP contribution in [-0.2, 0) is 4.79 Å². The van der Waals surface area contributed by atoms with Gasteiger partial charge in [0.1, 0.15) is 0 Å². The third-order valence-corrected chi connectivity index (χ3v) is 1.91. The average Bonchev–Trinajstić information content (AvgIpc) is 2.28. The lowest BCUT2D eigenvalue weighted by molar-refractivity contribution is -0.165. The van der Waals surface area contributed by atoms with Gasteiger partial charge in [0.15, 0.2) is 0 Å². The van der Waals surface area contributed by atoms with Crippen LogP contribution in [0.3, 0.4) is 0 Å². The van der Waals surface area contributed by atoms with E-state index in [9.17, 15) is 22.8 Å². The molecule has 7 heteroatoms. The highest BCUT2D eigenvalue weighted by Crippen LogP contribution is 2.17. The lowest BCUT2D eigenvalue weighted by Gasteiger charge is -2.05. The second-order valence-corrected chi connectivity index (χ2v) is 3.19. The highest BCUT2D eigenvalue weighted by Gasteiger charge is 2.36. The third kappa shape index (κ3) is 3.62. The number of carbonyl (C=O) groups excluding carboxylic acids is 1. The zero-order chi connectivity index (χ0) is 13.8. The lowest BCUT2D eigenvalue weighted by atomic mass is 10.2. The molecule has 0 atom stereocenters. The minimum atomic E-state index is -4.94. The molecular weight excluding hydrogens is 251 g/mol. The number of carboxylic acids is 1. The number of nitrogens with one attached hydrogen (secondary N) is 1. The summed E-state index contributed by atoms with van der Waals surface area (Å²) < 4.78 is 35.6. The maximum atomic E-state index is 11.9. The fourth-order valence-corrected chi connectivity index (χ4v) is 1.10. The summed E-state index contributed by atoms with van der Waals surface area (Å²) in [5.41, 5.74) is -0.0159. The quantitative estimate of drug-likeness (QED) is 0.815. The Balaban J connectivity index is 2.79. The average molecular weight is 259 g/mol. The molecule has 0 saturated carbocycles. The van der Waals surface area contributed by atoms with E-state index in [-0.39, 0.29) is 11.3 Å². The van der Waals surface area contributed by atoms with Crippen LogP contribution >= 0.6 is 0 Å². The molecule has 0 aliphatic carbocycles. The van der Waals surface area contributed by atoms with Gasteiger partial charge in [0.05, 0.1) is 11.3 Å². The van der Waals surface area contributed by atoms with Gasteiger partial charge in [0.2, 0.25) is 0 Å². The van der Waals surface area contributed by atoms with E-state index in [0.29, 0.717) is 6.08 Å². The molecule has 0 heterocycles. The molecule has 1 rings (SSSR count). The van der Waals surface area contributed by atoms with E-state index in [1.54, 1.807) is 0 Å². The van der Waals surface area contributed by atoms with Crippen LogP contribution in [0.1, 0.15) is 10.4 Å². The predicted molar refractivity (Wildman–Crippen MR) is 57.2 cm³/mol. The molecule has 0 radical (unpaired) electrons. The van der Waals surface area contributed by atoms with Crippen LogP contribution in [-0.4, -0.2) is 23.0 Å². The summed E-state index contributed by atoms with van der Waals surface area (Å²) in [6.07, 6.45) is -3.90. The number of allylic oxidation sites excluding steroid dienone is 1. The van der Waals surface area contributed by atoms with E-state index in [4.69, 9.17) is 5.11 Å². The van der Waals surface area contributed by atoms with Gasteiger partial charge in [-0.15, -0.1) is 0 Å². The number of carboxylic acid groups (broad SMARTS) is 1. The van der Waals surface area contributed by atoms with Crippen molar-refractivity contribution in [3.63, 3.8) is 0 Å². The normalized spacial score (nSPS) is 11.5. The summed E-state index contributed by atoms with van der Waals surface area (Å²) in [6, 6.07) is 5.63. The molecule has 1 aromatic carbocycles. The van der Waals surface area contributed by atoms with E-state index >= 15 is 0 Å². The highest BCUT2D eigenvalue weighted by atomic mass is 19.4. The first kappa shape index (κ1) is 13.8. The van der Waals surface area contributed by atoms with Gasteiger partial charge in [-0.1, -0.05) is 12.1 Å². The number of benzene rings is 1. The Labute approximate surface area is 99.7 Å². The second kappa shape index (κ2) is 5.35. The Bertz CT molecular complexity index is 495. The molecular formula is C11H8F3NO3. The van der Waals surface area contributed by atoms with Crippen molar-refractivity contribution in [1.82, 2.24) is 0 Å². The van der Waals surface area contributed by atoms with Crippen LogP contribution in [0.15, 0.2) is 36.5 Å². The molecule has 18 heavy (non-hydrogen) atoms. The maximum absolute atomic E-state index is 11.9. The van der Waals surface area contributed by atoms with Crippen molar-refractivity contribution in [3.8, 4) is 0 Å². The standard InChI is InChI=1S/C11H8F3NO3/c12-11(13,14)9(16)5-6-15-8-4-2-1-3-7(8)10(17)18/h1-6,15H,(H,17,18)/b6-5+. The number of anilines is 1. The van der Waals surface area contributed by atoms with Crippen LogP contribution in [0.5, 0.6) is 0 Å². The Kier molecular flexibility index (Phi) is 4.09. The molecule has 0 aliphatic rings. The van der Waals surface area contributed by atoms with Crippen LogP contribution in [0, 0.1) is 0 Å². The van der Waals surface area contributed by atoms with Gasteiger partial charge in [-0.2, -0.15) is 13.2 Å². The van der Waals surface area contributed by atoms with E-state index in [0.717, 1.165) is 6.20 Å². The molecule has 0 aliphatic heterocycles. The van der Waals surface area contributed by atoms with E-state index in [2.05, 4.69) is 5.32 Å². The van der Waals surface area contributed by atoms with Crippen molar-refractivity contribution in [1.29, 1.82) is 0 Å². The van der Waals surface area contributed by atoms with Gasteiger partial charge >= 0.3 is 12.1 Å². The fraction of sp³-hybridized carbons (Fsp3) is 0.0909. The summed E-state index contributed by atoms with van der Waals surface area (Å²) in [4.78, 5) is 21.3. The van der Waals surface area contributed by atoms with Gasteiger partial charge in [-0.25, -0.2) is 4.79 Å². The number of para-hydroxylation sites is 1. The van der Waals surface area contributed by atoms with E-state index in [1.807, 2.05) is 0 Å². The first-order chi connectivity index (χ1) is 8.32. The number of hydrogen-bond donors (Lipinski definition) is 2. The third-order valence-electron chi connectivity index (χ3n) is 1.91. The van der Waals surface area contributed by atoms with Crippen LogP contribution < -0.4 is 5.32 Å². The smallest absolute Gasteiger partial charge is 0.454 e. The SMILES string of the molecule is O=C(O)c1ccccc1N/C=C/C(=O)C(F)(F)F. The molecule has 2 N–H and O–H groups in total. The van der Waals surface area contributed by atoms with Crippen LogP contribution in [0.2, 0.25) is 0 Å². The van der Waals surface area contributed by atoms with Crippen molar-refractivity contribution in [2.75, 3.05) is 5.32 Å². The summed E-state index contributed by atoms with van der Waals surface area (Å²) in [6.45, 7) is 0. The van der Waals surface area contributed by atoms with Crippen LogP contribution in [0.4, 0.5) is 18.9 Å². The Hall–Kier alpha value is -2.31. The van der Waals surface area contributed by atoms with Gasteiger partial charge < -0.3 is 10.4 Å². The molecule has 0 fully saturated rings. The molecule has 1 aromatic rings. The number of hydrogen-bond acceptors (Lipinski definition) is 3. The van der Waals surface area contributed by atoms with Gasteiger partial charge in [0, 0.05) is 12.3 Å². The van der Waals surface area contributed by atoms with E-state index in [1.165, 1.54) is 24.3 Å². The summed E-state index contributed by atoms with van der Waals surface area (Å²) in [5, 5.41) is 11.1. The fourth-order valence-electron chi connectivity index (χ4n) is 1.10. The molecule has 0 spiro atoms. The number of carbonyl (C=O) groups is 2. The van der Waals surface area contributed by atoms with Crippen molar-refractivity contribution < 1.29 is 27.9 Å². The number of alkyl halides is 3. The zero-order valence-electron chi connectivity index (χ0n) is 8.86. The topological polar surface area (TPSA) is 66.4 Å². The number of rotatable bonds is 4. The molecule has 0 aromatic heterocycles. The predicted octanol–water partition coefficient (Wildman–Crippen LogP) is 2.44. The molecule has 0 saturated heterocycles. The molecule has 0 bridgehead atoms. The van der Waals surface area contributed by atoms with Gasteiger partial charge in [0.25, 0.3) is 5.78 Å². The Morgan fingerprint density at radius 1 is 1.22 bits per heavy atom. The molecule has 96 valence electrons. The maximum Gasteiger partial charge on any atom is 0.454 e. The second-order valence-electron chi connectivity index (χ2n) is 3.19. The van der Waals surface area contributed by atoms with Crippen molar-refractivity contribution in [2.45, 2.75) is 6.18 Å². The summed E-state index contributed by atoms with van der Waals surface area (Å²) >= 11 is 0. The van der Waals surface area contributed by atoms with Gasteiger partial charge in [-0.05, 0) is 12.1 Å². The monoisotopic (exact) mass is 259 g/mol. The lowest BCUT2D eigenvalue weighted by Crippen LogP contribution is -2.20.